The van der Waals surface area contributed by atoms with Crippen LogP contribution in [0.25, 0.3) is 0 Å². The van der Waals surface area contributed by atoms with Gasteiger partial charge in [0.05, 0.1) is 25.4 Å². The predicted molar refractivity (Wildman–Crippen MR) is 269 cm³/mol. The number of carbonyl (C=O) groups excluding carboxylic acids is 2. The average Bonchev–Trinajstić information content (AvgIpc) is 3.27. The molecule has 0 heterocycles. The molecule has 2 unspecified atom stereocenters. The first-order chi connectivity index (χ1) is 30.5. The maximum absolute atomic E-state index is 12.4. The predicted octanol–water partition coefficient (Wildman–Crippen LogP) is 16.7. The first-order valence-corrected chi connectivity index (χ1v) is 27.6. The van der Waals surface area contributed by atoms with Crippen LogP contribution in [0.5, 0.6) is 0 Å². The zero-order chi connectivity index (χ0) is 45.1. The van der Waals surface area contributed by atoms with Gasteiger partial charge in [0.25, 0.3) is 0 Å². The van der Waals surface area contributed by atoms with Gasteiger partial charge in [0.15, 0.2) is 0 Å². The van der Waals surface area contributed by atoms with E-state index in [4.69, 9.17) is 4.74 Å². The number of amides is 1. The molecule has 0 bridgehead atoms. The van der Waals surface area contributed by atoms with Crippen molar-refractivity contribution in [3.05, 3.63) is 24.3 Å². The number of nitrogens with one attached hydrogen (secondary N) is 1. The molecule has 6 heteroatoms. The summed E-state index contributed by atoms with van der Waals surface area (Å²) in [6, 6.07) is -0.547. The summed E-state index contributed by atoms with van der Waals surface area (Å²) in [5.41, 5.74) is 0. The van der Waals surface area contributed by atoms with Crippen molar-refractivity contribution < 1.29 is 24.5 Å². The highest BCUT2D eigenvalue weighted by molar-refractivity contribution is 5.76. The van der Waals surface area contributed by atoms with Gasteiger partial charge in [-0.1, -0.05) is 231 Å². The van der Waals surface area contributed by atoms with Crippen LogP contribution in [-0.4, -0.2) is 47.4 Å². The lowest BCUT2D eigenvalue weighted by Crippen LogP contribution is -2.45. The fourth-order valence-corrected chi connectivity index (χ4v) is 8.45. The lowest BCUT2D eigenvalue weighted by molar-refractivity contribution is -0.143. The SMILES string of the molecule is CCCCC/C=C\CCCCCCCC(=O)OCCCCCCCCCCC/C=C\CCCCCCCCCC(=O)NC(CO)C(O)CCCCCCCCCCCCCCC. The molecule has 0 rings (SSSR count). The van der Waals surface area contributed by atoms with Crippen LogP contribution in [0.1, 0.15) is 296 Å². The second-order valence-electron chi connectivity index (χ2n) is 18.9. The molecule has 3 N–H and O–H groups in total. The Balaban J connectivity index is 3.43. The first kappa shape index (κ1) is 60.3. The molecular formula is C56H107NO5. The molecule has 0 aliphatic rings. The van der Waals surface area contributed by atoms with E-state index in [0.29, 0.717) is 25.9 Å². The Hall–Kier alpha value is -1.66. The van der Waals surface area contributed by atoms with Gasteiger partial charge < -0.3 is 20.3 Å². The van der Waals surface area contributed by atoms with Crippen molar-refractivity contribution in [2.75, 3.05) is 13.2 Å². The monoisotopic (exact) mass is 874 g/mol. The van der Waals surface area contributed by atoms with E-state index in [1.54, 1.807) is 0 Å². The number of unbranched alkanes of at least 4 members (excludes halogenated alkanes) is 36. The summed E-state index contributed by atoms with van der Waals surface area (Å²) in [4.78, 5) is 24.4. The van der Waals surface area contributed by atoms with Gasteiger partial charge in [0.2, 0.25) is 5.91 Å². The number of aliphatic hydroxyl groups excluding tert-OH is 2. The Morgan fingerprint density at radius 3 is 1.18 bits per heavy atom. The molecule has 0 saturated carbocycles. The standard InChI is InChI=1S/C56H107NO5/c1-3-5-7-9-11-13-15-25-28-32-36-40-44-48-54(59)53(52-58)57-55(60)49-45-41-37-33-29-26-23-21-19-17-18-20-22-24-27-31-35-39-43-47-51-62-56(61)50-46-42-38-34-30-16-14-12-10-8-6-4-2/h12,14,17,19,53-54,58-59H,3-11,13,15-16,18,20-52H2,1-2H3,(H,57,60)/b14-12-,19-17-. The van der Waals surface area contributed by atoms with Crippen molar-refractivity contribution in [1.82, 2.24) is 5.32 Å². The van der Waals surface area contributed by atoms with Crippen LogP contribution in [0.3, 0.4) is 0 Å². The van der Waals surface area contributed by atoms with Gasteiger partial charge in [-0.2, -0.15) is 0 Å². The van der Waals surface area contributed by atoms with Crippen LogP contribution in [0.15, 0.2) is 24.3 Å². The molecule has 0 radical (unpaired) electrons. The first-order valence-electron chi connectivity index (χ1n) is 27.6. The zero-order valence-electron chi connectivity index (χ0n) is 41.6. The summed E-state index contributed by atoms with van der Waals surface area (Å²) in [6.07, 6.45) is 61.6. The summed E-state index contributed by atoms with van der Waals surface area (Å²) < 4.78 is 5.45. The van der Waals surface area contributed by atoms with Gasteiger partial charge in [-0.25, -0.2) is 0 Å². The normalized spacial score (nSPS) is 12.8. The number of ether oxygens (including phenoxy) is 1. The highest BCUT2D eigenvalue weighted by Gasteiger charge is 2.20. The van der Waals surface area contributed by atoms with E-state index >= 15 is 0 Å². The second kappa shape index (κ2) is 52.0. The summed E-state index contributed by atoms with van der Waals surface area (Å²) >= 11 is 0. The molecular weight excluding hydrogens is 767 g/mol. The van der Waals surface area contributed by atoms with Gasteiger partial charge in [0.1, 0.15) is 0 Å². The van der Waals surface area contributed by atoms with Crippen LogP contribution < -0.4 is 5.32 Å². The van der Waals surface area contributed by atoms with Crippen LogP contribution in [0.2, 0.25) is 0 Å². The Morgan fingerprint density at radius 1 is 0.435 bits per heavy atom. The van der Waals surface area contributed by atoms with E-state index in [2.05, 4.69) is 43.5 Å². The Bertz CT molecular complexity index is 966. The molecule has 0 saturated heterocycles. The number of hydrogen-bond donors (Lipinski definition) is 3. The van der Waals surface area contributed by atoms with E-state index in [1.165, 1.54) is 218 Å². The van der Waals surface area contributed by atoms with Crippen molar-refractivity contribution >= 4 is 11.9 Å². The highest BCUT2D eigenvalue weighted by atomic mass is 16.5. The third-order valence-corrected chi connectivity index (χ3v) is 12.7. The number of carbonyl (C=O) groups is 2. The van der Waals surface area contributed by atoms with Crippen molar-refractivity contribution in [3.63, 3.8) is 0 Å². The molecule has 1 amide bonds. The van der Waals surface area contributed by atoms with Crippen LogP contribution >= 0.6 is 0 Å². The molecule has 0 aromatic carbocycles. The summed E-state index contributed by atoms with van der Waals surface area (Å²) in [6.45, 7) is 4.92. The minimum absolute atomic E-state index is 0.00399. The molecule has 0 aromatic heterocycles. The van der Waals surface area contributed by atoms with Gasteiger partial charge >= 0.3 is 5.97 Å². The summed E-state index contributed by atoms with van der Waals surface area (Å²) in [5, 5.41) is 23.2. The number of hydrogen-bond acceptors (Lipinski definition) is 5. The maximum Gasteiger partial charge on any atom is 0.305 e. The summed E-state index contributed by atoms with van der Waals surface area (Å²) in [7, 11) is 0. The Labute approximate surface area is 386 Å². The Kier molecular flexibility index (Phi) is 50.6. The van der Waals surface area contributed by atoms with Crippen molar-refractivity contribution in [3.8, 4) is 0 Å². The van der Waals surface area contributed by atoms with Gasteiger partial charge in [-0.15, -0.1) is 0 Å². The fraction of sp³-hybridized carbons (Fsp3) is 0.893. The number of aliphatic hydroxyl groups is 2. The van der Waals surface area contributed by atoms with Crippen LogP contribution in [0, 0.1) is 0 Å². The molecule has 0 aliphatic heterocycles. The molecule has 2 atom stereocenters. The van der Waals surface area contributed by atoms with E-state index in [0.717, 1.165) is 44.9 Å². The number of esters is 1. The van der Waals surface area contributed by atoms with Crippen molar-refractivity contribution in [2.24, 2.45) is 0 Å². The number of allylic oxidation sites excluding steroid dienone is 4. The van der Waals surface area contributed by atoms with E-state index in [1.807, 2.05) is 0 Å². The Morgan fingerprint density at radius 2 is 0.758 bits per heavy atom. The lowest BCUT2D eigenvalue weighted by Gasteiger charge is -2.22. The fourth-order valence-electron chi connectivity index (χ4n) is 8.45. The molecule has 0 aromatic rings. The van der Waals surface area contributed by atoms with E-state index in [-0.39, 0.29) is 18.5 Å². The van der Waals surface area contributed by atoms with Gasteiger partial charge in [0, 0.05) is 12.8 Å². The quantitative estimate of drug-likeness (QED) is 0.0321. The molecule has 62 heavy (non-hydrogen) atoms. The average molecular weight is 874 g/mol. The topological polar surface area (TPSA) is 95.9 Å². The second-order valence-corrected chi connectivity index (χ2v) is 18.9. The maximum atomic E-state index is 12.4. The van der Waals surface area contributed by atoms with E-state index < -0.39 is 12.1 Å². The largest absolute Gasteiger partial charge is 0.466 e. The molecule has 0 aliphatic carbocycles. The minimum atomic E-state index is -0.668. The van der Waals surface area contributed by atoms with Crippen LogP contribution in [-0.2, 0) is 14.3 Å². The van der Waals surface area contributed by atoms with Gasteiger partial charge in [-0.05, 0) is 77.0 Å². The van der Waals surface area contributed by atoms with E-state index in [9.17, 15) is 19.8 Å². The minimum Gasteiger partial charge on any atom is -0.466 e. The van der Waals surface area contributed by atoms with Crippen LogP contribution in [0.4, 0.5) is 0 Å². The molecule has 0 fully saturated rings. The zero-order valence-corrected chi connectivity index (χ0v) is 41.6. The highest BCUT2D eigenvalue weighted by Crippen LogP contribution is 2.16. The lowest BCUT2D eigenvalue weighted by atomic mass is 10.0. The van der Waals surface area contributed by atoms with Crippen molar-refractivity contribution in [2.45, 2.75) is 309 Å². The molecule has 6 nitrogen and oxygen atoms in total. The third kappa shape index (κ3) is 47.8. The molecule has 366 valence electrons. The molecule has 0 spiro atoms. The van der Waals surface area contributed by atoms with Crippen molar-refractivity contribution in [1.29, 1.82) is 0 Å². The smallest absolute Gasteiger partial charge is 0.305 e. The number of rotatable bonds is 51. The third-order valence-electron chi connectivity index (χ3n) is 12.7. The summed E-state index contributed by atoms with van der Waals surface area (Å²) in [5.74, 6) is -0.0476. The van der Waals surface area contributed by atoms with Gasteiger partial charge in [-0.3, -0.25) is 9.59 Å².